The van der Waals surface area contributed by atoms with Crippen molar-refractivity contribution < 1.29 is 0 Å². The topological polar surface area (TPSA) is 88.8 Å². The zero-order valence-electron chi connectivity index (χ0n) is 12.7. The van der Waals surface area contributed by atoms with E-state index in [1.54, 1.807) is 0 Å². The number of halogens is 2. The monoisotopic (exact) mass is 327 g/mol. The van der Waals surface area contributed by atoms with Gasteiger partial charge >= 0.3 is 0 Å². The van der Waals surface area contributed by atoms with E-state index in [0.29, 0.717) is 18.5 Å². The van der Waals surface area contributed by atoms with E-state index < -0.39 is 0 Å². The van der Waals surface area contributed by atoms with Gasteiger partial charge in [-0.05, 0) is 12.8 Å². The second kappa shape index (κ2) is 18.3. The van der Waals surface area contributed by atoms with Gasteiger partial charge < -0.3 is 11.5 Å². The van der Waals surface area contributed by atoms with Gasteiger partial charge in [0, 0.05) is 13.1 Å². The second-order valence-electron chi connectivity index (χ2n) is 4.43. The van der Waals surface area contributed by atoms with Crippen LogP contribution < -0.4 is 16.8 Å². The highest BCUT2D eigenvalue weighted by molar-refractivity contribution is 5.96. The fourth-order valence-electron chi connectivity index (χ4n) is 1.53. The molecule has 0 fully saturated rings. The van der Waals surface area contributed by atoms with Crippen LogP contribution in [0.5, 0.6) is 0 Å². The van der Waals surface area contributed by atoms with Gasteiger partial charge in [-0.2, -0.15) is 0 Å². The Bertz CT molecular complexity index is 257. The van der Waals surface area contributed by atoms with E-state index >= 15 is 0 Å². The molecule has 0 aliphatic carbocycles. The van der Waals surface area contributed by atoms with Crippen molar-refractivity contribution in [2.45, 2.75) is 58.8 Å². The Labute approximate surface area is 135 Å². The maximum atomic E-state index is 5.69. The van der Waals surface area contributed by atoms with Crippen LogP contribution in [0.25, 0.3) is 0 Å². The first-order valence-electron chi connectivity index (χ1n) is 7.07. The van der Waals surface area contributed by atoms with Crippen molar-refractivity contribution in [3.63, 3.8) is 0 Å². The van der Waals surface area contributed by atoms with Crippen molar-refractivity contribution in [2.75, 3.05) is 13.1 Å². The highest BCUT2D eigenvalue weighted by atomic mass is 35.5. The number of nitrogens with two attached hydrogens (primary N) is 2. The smallest absolute Gasteiger partial charge is 0.195 e. The van der Waals surface area contributed by atoms with Crippen LogP contribution in [0, 0.1) is 0 Å². The van der Waals surface area contributed by atoms with Crippen molar-refractivity contribution in [3.05, 3.63) is 0 Å². The van der Waals surface area contributed by atoms with Gasteiger partial charge in [0.05, 0.1) is 0 Å². The quantitative estimate of drug-likeness (QED) is 0.345. The summed E-state index contributed by atoms with van der Waals surface area (Å²) in [5.41, 5.74) is 11.3. The Morgan fingerprint density at radius 2 is 1.25 bits per heavy atom. The van der Waals surface area contributed by atoms with E-state index in [1.165, 1.54) is 32.1 Å². The van der Waals surface area contributed by atoms with Crippen LogP contribution in [0.3, 0.4) is 0 Å². The highest BCUT2D eigenvalue weighted by Crippen LogP contribution is 2.04. The molecule has 0 amide bonds. The number of nitrogens with one attached hydrogen (secondary N) is 1. The van der Waals surface area contributed by atoms with Gasteiger partial charge in [0.25, 0.3) is 0 Å². The summed E-state index contributed by atoms with van der Waals surface area (Å²) in [5.74, 6) is 0.710. The maximum Gasteiger partial charge on any atom is 0.195 e. The molecule has 7 heteroatoms. The lowest BCUT2D eigenvalue weighted by molar-refractivity contribution is 0.612. The Morgan fingerprint density at radius 1 is 0.750 bits per heavy atom. The summed E-state index contributed by atoms with van der Waals surface area (Å²) < 4.78 is 0. The standard InChI is InChI=1S/C13H29N5.2ClH/c1-3-5-6-7-8-9-11-17-13(15)18-12(14)16-10-4-2;;/h3-11H2,1-2H3,(H5,14,15,16,17,18);2*1H. The predicted octanol–water partition coefficient (Wildman–Crippen LogP) is 2.82. The highest BCUT2D eigenvalue weighted by Gasteiger charge is 1.94. The van der Waals surface area contributed by atoms with Crippen molar-refractivity contribution in [2.24, 2.45) is 21.5 Å². The summed E-state index contributed by atoms with van der Waals surface area (Å²) in [7, 11) is 0. The summed E-state index contributed by atoms with van der Waals surface area (Å²) in [5, 5.41) is 2.78. The molecule has 0 spiro atoms. The molecule has 5 nitrogen and oxygen atoms in total. The van der Waals surface area contributed by atoms with Gasteiger partial charge in [0.1, 0.15) is 0 Å². The molecule has 20 heavy (non-hydrogen) atoms. The molecule has 0 saturated heterocycles. The molecule has 122 valence electrons. The Kier molecular flexibility index (Phi) is 22.3. The Morgan fingerprint density at radius 3 is 1.80 bits per heavy atom. The molecule has 0 aliphatic heterocycles. The normalized spacial score (nSPS) is 11.5. The molecule has 0 radical (unpaired) electrons. The molecule has 0 aromatic heterocycles. The van der Waals surface area contributed by atoms with E-state index in [1.807, 2.05) is 6.92 Å². The van der Waals surface area contributed by atoms with Crippen molar-refractivity contribution in [1.29, 1.82) is 0 Å². The molecule has 5 N–H and O–H groups in total. The van der Waals surface area contributed by atoms with Crippen LogP contribution in [-0.4, -0.2) is 25.0 Å². The van der Waals surface area contributed by atoms with Gasteiger partial charge in [0.15, 0.2) is 11.9 Å². The van der Waals surface area contributed by atoms with E-state index in [4.69, 9.17) is 11.5 Å². The van der Waals surface area contributed by atoms with E-state index in [-0.39, 0.29) is 24.8 Å². The summed E-state index contributed by atoms with van der Waals surface area (Å²) in [6.45, 7) is 5.74. The average molecular weight is 328 g/mol. The molecule has 0 atom stereocenters. The SMILES string of the molecule is CCCCCCCCN=C(N)NC(N)=NCCC.Cl.Cl. The van der Waals surface area contributed by atoms with E-state index in [0.717, 1.165) is 19.4 Å². The van der Waals surface area contributed by atoms with Crippen LogP contribution in [0.4, 0.5) is 0 Å². The molecule has 0 aliphatic rings. The minimum Gasteiger partial charge on any atom is -0.370 e. The molecule has 0 saturated carbocycles. The van der Waals surface area contributed by atoms with Gasteiger partial charge in [-0.1, -0.05) is 46.0 Å². The largest absolute Gasteiger partial charge is 0.370 e. The minimum atomic E-state index is 0. The van der Waals surface area contributed by atoms with Crippen LogP contribution >= 0.6 is 24.8 Å². The first kappa shape index (κ1) is 24.3. The van der Waals surface area contributed by atoms with Gasteiger partial charge in [-0.25, -0.2) is 0 Å². The van der Waals surface area contributed by atoms with Gasteiger partial charge in [0.2, 0.25) is 0 Å². The van der Waals surface area contributed by atoms with Crippen LogP contribution in [0.1, 0.15) is 58.8 Å². The van der Waals surface area contributed by atoms with Crippen LogP contribution in [-0.2, 0) is 0 Å². The first-order chi connectivity index (χ1) is 8.70. The summed E-state index contributed by atoms with van der Waals surface area (Å²) >= 11 is 0. The van der Waals surface area contributed by atoms with Crippen molar-refractivity contribution in [3.8, 4) is 0 Å². The third-order valence-electron chi connectivity index (χ3n) is 2.56. The number of unbranched alkanes of at least 4 members (excludes halogenated alkanes) is 5. The summed E-state index contributed by atoms with van der Waals surface area (Å²) in [4.78, 5) is 8.30. The first-order valence-corrected chi connectivity index (χ1v) is 7.07. The Hall–Kier alpha value is -0.680. The molecular weight excluding hydrogens is 297 g/mol. The minimum absolute atomic E-state index is 0. The van der Waals surface area contributed by atoms with Crippen LogP contribution in [0.15, 0.2) is 9.98 Å². The number of hydrogen-bond acceptors (Lipinski definition) is 2. The summed E-state index contributed by atoms with van der Waals surface area (Å²) in [6, 6.07) is 0. The molecule has 0 bridgehead atoms. The molecule has 0 rings (SSSR count). The van der Waals surface area contributed by atoms with Gasteiger partial charge in [-0.3, -0.25) is 15.3 Å². The number of rotatable bonds is 9. The van der Waals surface area contributed by atoms with Crippen molar-refractivity contribution in [1.82, 2.24) is 5.32 Å². The number of hydrogen-bond donors (Lipinski definition) is 3. The predicted molar refractivity (Wildman–Crippen MR) is 94.3 cm³/mol. The Balaban J connectivity index is -0.00000144. The third-order valence-corrected chi connectivity index (χ3v) is 2.56. The molecule has 0 aromatic rings. The van der Waals surface area contributed by atoms with E-state index in [2.05, 4.69) is 22.2 Å². The lowest BCUT2D eigenvalue weighted by Gasteiger charge is -2.04. The van der Waals surface area contributed by atoms with E-state index in [9.17, 15) is 0 Å². The zero-order valence-corrected chi connectivity index (χ0v) is 14.4. The molecular formula is C13H31Cl2N5. The van der Waals surface area contributed by atoms with Crippen LogP contribution in [0.2, 0.25) is 0 Å². The molecule has 0 unspecified atom stereocenters. The average Bonchev–Trinajstić information content (AvgIpc) is 2.35. The lowest BCUT2D eigenvalue weighted by Crippen LogP contribution is -2.41. The van der Waals surface area contributed by atoms with Gasteiger partial charge in [-0.15, -0.1) is 24.8 Å². The second-order valence-corrected chi connectivity index (χ2v) is 4.43. The maximum absolute atomic E-state index is 5.69. The lowest BCUT2D eigenvalue weighted by atomic mass is 10.1. The van der Waals surface area contributed by atoms with Crippen molar-refractivity contribution >= 4 is 36.7 Å². The molecule has 0 aromatic carbocycles. The number of guanidine groups is 2. The zero-order chi connectivity index (χ0) is 13.6. The number of nitrogens with zero attached hydrogens (tertiary/aromatic N) is 2. The fourth-order valence-corrected chi connectivity index (χ4v) is 1.53. The summed E-state index contributed by atoms with van der Waals surface area (Å²) in [6.07, 6.45) is 8.50. The molecule has 0 heterocycles. The fraction of sp³-hybridized carbons (Fsp3) is 0.846. The number of aliphatic imine (C=N–C) groups is 2. The third kappa shape index (κ3) is 17.3.